The molecule has 2 aromatic rings. The molecular weight excluding hydrogens is 333 g/mol. The monoisotopic (exact) mass is 343 g/mol. The van der Waals surface area contributed by atoms with Crippen molar-refractivity contribution in [1.82, 2.24) is 0 Å². The van der Waals surface area contributed by atoms with Crippen LogP contribution in [0.5, 0.6) is 0 Å². The summed E-state index contributed by atoms with van der Waals surface area (Å²) >= 11 is 0. The van der Waals surface area contributed by atoms with Gasteiger partial charge in [-0.15, -0.1) is 0 Å². The number of carbonyl (C=O) groups excluding carboxylic acids is 1. The van der Waals surface area contributed by atoms with Gasteiger partial charge in [0.05, 0.1) is 28.7 Å². The van der Waals surface area contributed by atoms with Crippen molar-refractivity contribution < 1.29 is 17.6 Å². The quantitative estimate of drug-likeness (QED) is 0.868. The summed E-state index contributed by atoms with van der Waals surface area (Å²) in [6.07, 6.45) is 0.940. The number of rotatable bonds is 3. The Hall–Kier alpha value is -3.23. The van der Waals surface area contributed by atoms with E-state index in [0.717, 1.165) is 18.4 Å². The average Bonchev–Trinajstić information content (AvgIpc) is 2.53. The molecule has 2 rings (SSSR count). The van der Waals surface area contributed by atoms with Crippen molar-refractivity contribution in [2.75, 3.05) is 11.6 Å². The number of sulfone groups is 1. The number of hydrogen-bond donors (Lipinski definition) is 1. The number of amides is 1. The van der Waals surface area contributed by atoms with E-state index in [4.69, 9.17) is 11.8 Å². The minimum absolute atomic E-state index is 0.0618. The molecule has 24 heavy (non-hydrogen) atoms. The molecule has 1 N–H and O–H groups in total. The van der Waals surface area contributed by atoms with Crippen LogP contribution in [0.3, 0.4) is 0 Å². The van der Waals surface area contributed by atoms with E-state index >= 15 is 0 Å². The molecule has 0 aromatic heterocycles. The first kappa shape index (κ1) is 17.1. The molecule has 0 saturated carbocycles. The topological polar surface area (TPSA) is 91.4 Å². The van der Waals surface area contributed by atoms with Crippen molar-refractivity contribution in [3.63, 3.8) is 0 Å². The number of halogens is 1. The van der Waals surface area contributed by atoms with E-state index in [0.29, 0.717) is 0 Å². The van der Waals surface area contributed by atoms with Crippen molar-refractivity contribution in [3.05, 3.63) is 64.8 Å². The summed E-state index contributed by atoms with van der Waals surface area (Å²) in [4.78, 5) is 15.1. The molecule has 120 valence electrons. The van der Waals surface area contributed by atoms with Gasteiger partial charge in [-0.3, -0.25) is 4.79 Å². The molecule has 6 nitrogen and oxygen atoms in total. The summed E-state index contributed by atoms with van der Waals surface area (Å²) in [5, 5.41) is 11.3. The lowest BCUT2D eigenvalue weighted by Gasteiger charge is -2.10. The Labute approximate surface area is 137 Å². The second-order valence-electron chi connectivity index (χ2n) is 4.83. The van der Waals surface area contributed by atoms with Crippen molar-refractivity contribution in [2.45, 2.75) is 4.90 Å². The molecule has 2 aromatic carbocycles. The summed E-state index contributed by atoms with van der Waals surface area (Å²) in [6.45, 7) is 6.77. The first-order valence-corrected chi connectivity index (χ1v) is 8.38. The van der Waals surface area contributed by atoms with Gasteiger partial charge in [-0.2, -0.15) is 5.26 Å². The van der Waals surface area contributed by atoms with Gasteiger partial charge in [0, 0.05) is 11.9 Å². The zero-order chi connectivity index (χ0) is 17.9. The smallest absolute Gasteiger partial charge is 0.257 e. The Bertz CT molecular complexity index is 1020. The van der Waals surface area contributed by atoms with Crippen LogP contribution < -0.4 is 5.32 Å². The summed E-state index contributed by atoms with van der Waals surface area (Å²) < 4.78 is 37.2. The molecule has 1 amide bonds. The lowest BCUT2D eigenvalue weighted by atomic mass is 10.1. The Kier molecular flexibility index (Phi) is 4.63. The van der Waals surface area contributed by atoms with Crippen LogP contribution in [0.4, 0.5) is 15.8 Å². The Balaban J connectivity index is 2.45. The fourth-order valence-electron chi connectivity index (χ4n) is 1.97. The first-order valence-electron chi connectivity index (χ1n) is 6.49. The van der Waals surface area contributed by atoms with Crippen molar-refractivity contribution in [1.29, 1.82) is 5.26 Å². The molecule has 0 spiro atoms. The van der Waals surface area contributed by atoms with Crippen LogP contribution in [0, 0.1) is 23.7 Å². The van der Waals surface area contributed by atoms with Gasteiger partial charge < -0.3 is 5.32 Å². The number of nitrogens with one attached hydrogen (secondary N) is 1. The van der Waals surface area contributed by atoms with E-state index in [2.05, 4.69) is 10.2 Å². The lowest BCUT2D eigenvalue weighted by Crippen LogP contribution is -2.16. The minimum atomic E-state index is -3.70. The van der Waals surface area contributed by atoms with E-state index in [1.54, 1.807) is 0 Å². The third-order valence-electron chi connectivity index (χ3n) is 3.08. The van der Waals surface area contributed by atoms with E-state index in [1.165, 1.54) is 24.3 Å². The third-order valence-corrected chi connectivity index (χ3v) is 4.23. The van der Waals surface area contributed by atoms with Crippen LogP contribution >= 0.6 is 0 Å². The second kappa shape index (κ2) is 6.49. The molecule has 0 aliphatic carbocycles. The predicted molar refractivity (Wildman–Crippen MR) is 84.9 cm³/mol. The Morgan fingerprint density at radius 2 is 2.00 bits per heavy atom. The molecule has 0 bridgehead atoms. The average molecular weight is 343 g/mol. The molecule has 0 aliphatic rings. The normalized spacial score (nSPS) is 10.5. The van der Waals surface area contributed by atoms with Crippen LogP contribution in [0.2, 0.25) is 0 Å². The van der Waals surface area contributed by atoms with Crippen LogP contribution in [0.1, 0.15) is 15.9 Å². The maximum absolute atomic E-state index is 13.6. The zero-order valence-electron chi connectivity index (χ0n) is 12.4. The lowest BCUT2D eigenvalue weighted by molar-refractivity contribution is 0.102. The maximum atomic E-state index is 13.6. The van der Waals surface area contributed by atoms with E-state index < -0.39 is 21.6 Å². The summed E-state index contributed by atoms with van der Waals surface area (Å²) in [5.74, 6) is -1.61. The van der Waals surface area contributed by atoms with E-state index in [9.17, 15) is 17.6 Å². The Morgan fingerprint density at radius 1 is 1.29 bits per heavy atom. The first-order chi connectivity index (χ1) is 11.3. The van der Waals surface area contributed by atoms with Gasteiger partial charge in [-0.1, -0.05) is 6.07 Å². The highest BCUT2D eigenvalue weighted by atomic mass is 32.2. The summed E-state index contributed by atoms with van der Waals surface area (Å²) in [6, 6.07) is 8.91. The van der Waals surface area contributed by atoms with Gasteiger partial charge in [-0.05, 0) is 30.3 Å². The second-order valence-corrected chi connectivity index (χ2v) is 6.81. The maximum Gasteiger partial charge on any atom is 0.257 e. The molecular formula is C16H10FN3O3S. The third kappa shape index (κ3) is 3.57. The highest BCUT2D eigenvalue weighted by Crippen LogP contribution is 2.23. The van der Waals surface area contributed by atoms with Gasteiger partial charge in [0.15, 0.2) is 9.84 Å². The number of benzene rings is 2. The molecule has 0 aliphatic heterocycles. The van der Waals surface area contributed by atoms with Crippen molar-refractivity contribution >= 4 is 27.1 Å². The van der Waals surface area contributed by atoms with Gasteiger partial charge in [-0.25, -0.2) is 17.7 Å². The van der Waals surface area contributed by atoms with Crippen molar-refractivity contribution in [2.24, 2.45) is 0 Å². The molecule has 0 heterocycles. The molecule has 0 saturated heterocycles. The SMILES string of the molecule is [C-]#[N+]c1ccc(NC(=O)c2cc(C#N)ccc2S(C)(=O)=O)cc1F. The molecule has 0 fully saturated rings. The fourth-order valence-corrected chi connectivity index (χ4v) is 2.84. The van der Waals surface area contributed by atoms with Gasteiger partial charge in [0.1, 0.15) is 5.82 Å². The number of nitrogens with zero attached hydrogens (tertiary/aromatic N) is 2. The Morgan fingerprint density at radius 3 is 2.54 bits per heavy atom. The highest BCUT2D eigenvalue weighted by molar-refractivity contribution is 7.90. The summed E-state index contributed by atoms with van der Waals surface area (Å²) in [5.41, 5.74) is -0.240. The standard InChI is InChI=1S/C16H10FN3O3S/c1-19-14-5-4-11(8-13(14)17)20-16(21)12-7-10(9-18)3-6-15(12)24(2,22)23/h3-8H,2H3,(H,20,21). The van der Waals surface area contributed by atoms with Gasteiger partial charge >= 0.3 is 0 Å². The minimum Gasteiger partial charge on any atom is -0.322 e. The number of anilines is 1. The van der Waals surface area contributed by atoms with Crippen molar-refractivity contribution in [3.8, 4) is 6.07 Å². The van der Waals surface area contributed by atoms with Crippen LogP contribution in [-0.4, -0.2) is 20.6 Å². The molecule has 0 atom stereocenters. The fraction of sp³-hybridized carbons (Fsp3) is 0.0625. The number of nitriles is 1. The van der Waals surface area contributed by atoms with Gasteiger partial charge in [0.25, 0.3) is 5.91 Å². The molecule has 0 radical (unpaired) electrons. The molecule has 0 unspecified atom stereocenters. The van der Waals surface area contributed by atoms with Crippen LogP contribution in [0.15, 0.2) is 41.3 Å². The van der Waals surface area contributed by atoms with Crippen LogP contribution in [0.25, 0.3) is 4.85 Å². The summed E-state index contributed by atoms with van der Waals surface area (Å²) in [7, 11) is -3.70. The predicted octanol–water partition coefficient (Wildman–Crippen LogP) is 2.90. The zero-order valence-corrected chi connectivity index (χ0v) is 13.2. The van der Waals surface area contributed by atoms with E-state index in [-0.39, 0.29) is 27.4 Å². The highest BCUT2D eigenvalue weighted by Gasteiger charge is 2.20. The number of hydrogen-bond acceptors (Lipinski definition) is 4. The van der Waals surface area contributed by atoms with Crippen LogP contribution in [-0.2, 0) is 9.84 Å². The largest absolute Gasteiger partial charge is 0.322 e. The molecule has 8 heteroatoms. The van der Waals surface area contributed by atoms with E-state index in [1.807, 2.05) is 6.07 Å². The van der Waals surface area contributed by atoms with Gasteiger partial charge in [0.2, 0.25) is 5.69 Å². The number of carbonyl (C=O) groups is 1.